The lowest BCUT2D eigenvalue weighted by molar-refractivity contribution is 0.438. The minimum absolute atomic E-state index is 0.440. The zero-order valence-electron chi connectivity index (χ0n) is 24.6. The molecule has 1 aliphatic carbocycles. The number of nitrogens with zero attached hydrogens (tertiary/aromatic N) is 3. The van der Waals surface area contributed by atoms with Crippen molar-refractivity contribution >= 4 is 39.3 Å². The highest BCUT2D eigenvalue weighted by Gasteiger charge is 2.19. The van der Waals surface area contributed by atoms with E-state index in [2.05, 4.69) is 75.4 Å². The van der Waals surface area contributed by atoms with Gasteiger partial charge in [0, 0.05) is 40.7 Å². The van der Waals surface area contributed by atoms with Gasteiger partial charge in [0.25, 0.3) is 0 Å². The number of aryl methyl sites for hydroxylation is 1. The predicted octanol–water partition coefficient (Wildman–Crippen LogP) is 8.63. The number of allylic oxidation sites excluding steroid dienone is 7. The average Bonchev–Trinajstić information content (AvgIpc) is 3.63. The normalized spacial score (nSPS) is 15.5. The molecule has 4 aromatic heterocycles. The van der Waals surface area contributed by atoms with Gasteiger partial charge in [0.2, 0.25) is 0 Å². The van der Waals surface area contributed by atoms with E-state index in [4.69, 9.17) is 17.2 Å². The van der Waals surface area contributed by atoms with Gasteiger partial charge in [0.1, 0.15) is 5.69 Å². The Morgan fingerprint density at radius 2 is 1.90 bits per heavy atom. The van der Waals surface area contributed by atoms with Gasteiger partial charge < -0.3 is 10.3 Å². The quantitative estimate of drug-likeness (QED) is 0.138. The molecular formula is C35H38N6S. The van der Waals surface area contributed by atoms with Crippen molar-refractivity contribution in [2.24, 2.45) is 5.92 Å². The monoisotopic (exact) mass is 574 g/mol. The highest BCUT2D eigenvalue weighted by molar-refractivity contribution is 7.80. The number of fused-ring (bicyclic) bond motifs is 1. The fourth-order valence-corrected chi connectivity index (χ4v) is 5.89. The molecule has 4 heterocycles. The third-order valence-corrected chi connectivity index (χ3v) is 8.27. The lowest BCUT2D eigenvalue weighted by Crippen LogP contribution is -2.29. The Bertz CT molecular complexity index is 1690. The van der Waals surface area contributed by atoms with Crippen molar-refractivity contribution in [3.63, 3.8) is 0 Å². The van der Waals surface area contributed by atoms with E-state index in [1.165, 1.54) is 19.3 Å². The molecule has 0 unspecified atom stereocenters. The van der Waals surface area contributed by atoms with Gasteiger partial charge >= 0.3 is 0 Å². The molecule has 0 saturated heterocycles. The van der Waals surface area contributed by atoms with Crippen LogP contribution >= 0.6 is 12.2 Å². The van der Waals surface area contributed by atoms with Crippen molar-refractivity contribution in [3.05, 3.63) is 114 Å². The number of thiocarbonyl (C=S) groups is 1. The van der Waals surface area contributed by atoms with Crippen LogP contribution in [0.15, 0.2) is 91.6 Å². The highest BCUT2D eigenvalue weighted by atomic mass is 32.1. The van der Waals surface area contributed by atoms with E-state index >= 15 is 0 Å². The van der Waals surface area contributed by atoms with Crippen LogP contribution in [0.4, 0.5) is 0 Å². The largest absolute Gasteiger partial charge is 0.357 e. The smallest absolute Gasteiger partial charge is 0.116 e. The number of pyridine rings is 2. The van der Waals surface area contributed by atoms with Gasteiger partial charge in [0.05, 0.1) is 28.1 Å². The molecule has 0 aromatic carbocycles. The topological polar surface area (TPSA) is 82.3 Å². The van der Waals surface area contributed by atoms with Crippen molar-refractivity contribution in [2.45, 2.75) is 52.9 Å². The van der Waals surface area contributed by atoms with Crippen molar-refractivity contribution < 1.29 is 0 Å². The molecule has 1 aliphatic rings. The number of hydrogen-bond acceptors (Lipinski definition) is 4. The van der Waals surface area contributed by atoms with Crippen molar-refractivity contribution in [2.75, 3.05) is 0 Å². The standard InChI is InChI=1S/C35H38N6S/c1-5-8-14-28(25-15-17-36-18-16-25)29-20-32(38-23(29)4)34-30-21-31(37-22-33(30)40-41-34)24(6-2)19-27(7-3)39-35(42)26-12-10-9-11-13-26/h5-8,14-22,26,38H,3,9-13H2,1-2,4H3,(H,39,42)(H,40,41)/b8-5-,24-6+,27-19+,28-14-. The number of hydrogen-bond donors (Lipinski definition) is 3. The fraction of sp³-hybridized carbons (Fsp3) is 0.257. The average molecular weight is 575 g/mol. The summed E-state index contributed by atoms with van der Waals surface area (Å²) in [4.78, 5) is 13.4. The molecular weight excluding hydrogens is 536 g/mol. The molecule has 5 rings (SSSR count). The van der Waals surface area contributed by atoms with Crippen LogP contribution in [0.25, 0.3) is 33.4 Å². The van der Waals surface area contributed by atoms with Gasteiger partial charge in [-0.3, -0.25) is 15.1 Å². The molecule has 0 spiro atoms. The van der Waals surface area contributed by atoms with Gasteiger partial charge in [-0.25, -0.2) is 0 Å². The minimum atomic E-state index is 0.440. The Hall–Kier alpha value is -4.36. The van der Waals surface area contributed by atoms with Crippen molar-refractivity contribution in [1.82, 2.24) is 30.5 Å². The van der Waals surface area contributed by atoms with E-state index in [-0.39, 0.29) is 0 Å². The van der Waals surface area contributed by atoms with E-state index in [1.54, 1.807) is 0 Å². The maximum absolute atomic E-state index is 5.77. The summed E-state index contributed by atoms with van der Waals surface area (Å²) in [5.41, 5.74) is 9.79. The van der Waals surface area contributed by atoms with E-state index in [1.807, 2.05) is 56.7 Å². The Morgan fingerprint density at radius 3 is 2.62 bits per heavy atom. The summed E-state index contributed by atoms with van der Waals surface area (Å²) in [6.45, 7) is 10.2. The summed E-state index contributed by atoms with van der Waals surface area (Å²) < 4.78 is 0. The Kier molecular flexibility index (Phi) is 9.39. The first-order valence-corrected chi connectivity index (χ1v) is 15.0. The molecule has 7 heteroatoms. The summed E-state index contributed by atoms with van der Waals surface area (Å²) in [5, 5.41) is 12.3. The lowest BCUT2D eigenvalue weighted by atomic mass is 9.89. The van der Waals surface area contributed by atoms with Crippen LogP contribution in [0.2, 0.25) is 0 Å². The second-order valence-corrected chi connectivity index (χ2v) is 11.1. The maximum atomic E-state index is 5.77. The molecule has 6 nitrogen and oxygen atoms in total. The van der Waals surface area contributed by atoms with E-state index in [0.717, 1.165) is 79.5 Å². The van der Waals surface area contributed by atoms with E-state index in [0.29, 0.717) is 5.92 Å². The van der Waals surface area contributed by atoms with Gasteiger partial charge in [0.15, 0.2) is 0 Å². The second kappa shape index (κ2) is 13.5. The number of nitrogens with one attached hydrogen (secondary N) is 3. The van der Waals surface area contributed by atoms with Crippen LogP contribution in [0, 0.1) is 12.8 Å². The molecule has 0 amide bonds. The predicted molar refractivity (Wildman–Crippen MR) is 179 cm³/mol. The number of rotatable bonds is 9. The molecule has 0 atom stereocenters. The first kappa shape index (κ1) is 29.1. The first-order valence-electron chi connectivity index (χ1n) is 14.6. The molecule has 3 N–H and O–H groups in total. The zero-order chi connectivity index (χ0) is 29.5. The van der Waals surface area contributed by atoms with Crippen LogP contribution in [0.5, 0.6) is 0 Å². The van der Waals surface area contributed by atoms with Crippen LogP contribution in [0.1, 0.15) is 68.5 Å². The number of aromatic nitrogens is 5. The van der Waals surface area contributed by atoms with Crippen LogP contribution in [-0.4, -0.2) is 30.1 Å². The van der Waals surface area contributed by atoms with Crippen LogP contribution in [-0.2, 0) is 0 Å². The Morgan fingerprint density at radius 1 is 1.12 bits per heavy atom. The highest BCUT2D eigenvalue weighted by Crippen LogP contribution is 2.33. The molecule has 42 heavy (non-hydrogen) atoms. The second-order valence-electron chi connectivity index (χ2n) is 10.6. The SMILES string of the molecule is C=C/C(=C\C(=C/C)c1cc2c(-c3cc(/C(=C\C=C/C)c4ccncc4)c(C)[nH]3)n[nH]c2cn1)NC(=S)C1CCCCC1. The Balaban J connectivity index is 1.47. The van der Waals surface area contributed by atoms with Gasteiger partial charge in [-0.05, 0) is 86.7 Å². The fourth-order valence-electron chi connectivity index (χ4n) is 5.54. The summed E-state index contributed by atoms with van der Waals surface area (Å²) >= 11 is 5.77. The maximum Gasteiger partial charge on any atom is 0.116 e. The van der Waals surface area contributed by atoms with Crippen LogP contribution in [0.3, 0.4) is 0 Å². The van der Waals surface area contributed by atoms with Gasteiger partial charge in [-0.15, -0.1) is 0 Å². The van der Waals surface area contributed by atoms with E-state index < -0.39 is 0 Å². The van der Waals surface area contributed by atoms with Gasteiger partial charge in [-0.2, -0.15) is 5.10 Å². The summed E-state index contributed by atoms with van der Waals surface area (Å²) in [6, 6.07) is 8.33. The van der Waals surface area contributed by atoms with Crippen molar-refractivity contribution in [3.8, 4) is 11.4 Å². The molecule has 1 saturated carbocycles. The molecule has 214 valence electrons. The minimum Gasteiger partial charge on any atom is -0.357 e. The summed E-state index contributed by atoms with van der Waals surface area (Å²) in [7, 11) is 0. The Labute approximate surface area is 253 Å². The number of H-pyrrole nitrogens is 2. The third-order valence-electron chi connectivity index (χ3n) is 7.84. The summed E-state index contributed by atoms with van der Waals surface area (Å²) in [6.07, 6.45) is 23.8. The summed E-state index contributed by atoms with van der Waals surface area (Å²) in [5.74, 6) is 0.440. The lowest BCUT2D eigenvalue weighted by Gasteiger charge is -2.23. The van der Waals surface area contributed by atoms with Gasteiger partial charge in [-0.1, -0.05) is 62.4 Å². The van der Waals surface area contributed by atoms with Crippen LogP contribution < -0.4 is 5.32 Å². The van der Waals surface area contributed by atoms with E-state index in [9.17, 15) is 0 Å². The molecule has 1 fully saturated rings. The molecule has 4 aromatic rings. The molecule has 0 bridgehead atoms. The zero-order valence-corrected chi connectivity index (χ0v) is 25.4. The van der Waals surface area contributed by atoms with Crippen molar-refractivity contribution in [1.29, 1.82) is 0 Å². The molecule has 0 radical (unpaired) electrons. The first-order chi connectivity index (χ1) is 20.5. The molecule has 0 aliphatic heterocycles. The third kappa shape index (κ3) is 6.42. The number of aromatic amines is 2.